The van der Waals surface area contributed by atoms with Gasteiger partial charge in [0.05, 0.1) is 11.5 Å². The van der Waals surface area contributed by atoms with Gasteiger partial charge < -0.3 is 5.73 Å². The van der Waals surface area contributed by atoms with E-state index in [2.05, 4.69) is 24.9 Å². The van der Waals surface area contributed by atoms with Crippen molar-refractivity contribution in [2.24, 2.45) is 10.7 Å². The first-order chi connectivity index (χ1) is 5.61. The predicted molar refractivity (Wildman–Crippen MR) is 52.9 cm³/mol. The van der Waals surface area contributed by atoms with Crippen LogP contribution in [0.2, 0.25) is 0 Å². The third-order valence-corrected chi connectivity index (χ3v) is 1.87. The van der Waals surface area contributed by atoms with E-state index in [1.165, 1.54) is 11.1 Å². The average Bonchev–Trinajstić information content (AvgIpc) is 1.98. The molecule has 0 radical (unpaired) electrons. The van der Waals surface area contributed by atoms with E-state index in [4.69, 9.17) is 5.73 Å². The molecule has 0 aliphatic carbocycles. The van der Waals surface area contributed by atoms with Crippen LogP contribution in [0.4, 0.5) is 5.69 Å². The minimum atomic E-state index is 0.601. The summed E-state index contributed by atoms with van der Waals surface area (Å²) in [6.07, 6.45) is 0. The first-order valence-corrected chi connectivity index (χ1v) is 3.98. The summed E-state index contributed by atoms with van der Waals surface area (Å²) in [6.45, 7) is 5.92. The number of aryl methyl sites for hydroxylation is 1. The van der Waals surface area contributed by atoms with Crippen molar-refractivity contribution in [3.8, 4) is 0 Å². The van der Waals surface area contributed by atoms with Gasteiger partial charge in [-0.2, -0.15) is 0 Å². The molecule has 2 heteroatoms. The lowest BCUT2D eigenvalue weighted by molar-refractivity contribution is 1.30. The number of aliphatic imine (C=N–C) groups is 1. The molecule has 0 unspecified atom stereocenters. The number of nitrogens with zero attached hydrogens (tertiary/aromatic N) is 1. The maximum atomic E-state index is 5.49. The van der Waals surface area contributed by atoms with Crippen molar-refractivity contribution in [1.29, 1.82) is 0 Å². The van der Waals surface area contributed by atoms with Crippen LogP contribution in [-0.2, 0) is 0 Å². The van der Waals surface area contributed by atoms with Crippen LogP contribution in [-0.4, -0.2) is 5.84 Å². The Kier molecular flexibility index (Phi) is 2.48. The van der Waals surface area contributed by atoms with Crippen LogP contribution in [0.25, 0.3) is 0 Å². The summed E-state index contributed by atoms with van der Waals surface area (Å²) in [5.74, 6) is 0.601. The Morgan fingerprint density at radius 2 is 2.00 bits per heavy atom. The van der Waals surface area contributed by atoms with Crippen molar-refractivity contribution < 1.29 is 0 Å². The zero-order valence-electron chi connectivity index (χ0n) is 7.76. The fourth-order valence-electron chi connectivity index (χ4n) is 1.05. The van der Waals surface area contributed by atoms with E-state index < -0.39 is 0 Å². The van der Waals surface area contributed by atoms with Gasteiger partial charge in [-0.3, -0.25) is 0 Å². The van der Waals surface area contributed by atoms with E-state index in [9.17, 15) is 0 Å². The molecule has 0 atom stereocenters. The Labute approximate surface area is 73.1 Å². The molecule has 0 bridgehead atoms. The van der Waals surface area contributed by atoms with E-state index in [-0.39, 0.29) is 0 Å². The molecular weight excluding hydrogens is 148 g/mol. The molecule has 0 saturated carbocycles. The zero-order chi connectivity index (χ0) is 9.14. The standard InChI is InChI=1S/C10H14N2/c1-7-5-4-6-10(8(7)2)12-9(3)11/h4-6H,1-3H3,(H2,11,12). The minimum Gasteiger partial charge on any atom is -0.387 e. The molecule has 1 aromatic carbocycles. The molecule has 12 heavy (non-hydrogen) atoms. The first kappa shape index (κ1) is 8.78. The molecule has 0 aromatic heterocycles. The molecule has 0 fully saturated rings. The number of amidine groups is 1. The highest BCUT2D eigenvalue weighted by molar-refractivity contribution is 5.81. The lowest BCUT2D eigenvalue weighted by atomic mass is 10.1. The van der Waals surface area contributed by atoms with Crippen molar-refractivity contribution in [2.45, 2.75) is 20.8 Å². The topological polar surface area (TPSA) is 38.4 Å². The maximum absolute atomic E-state index is 5.49. The Morgan fingerprint density at radius 1 is 1.33 bits per heavy atom. The molecule has 1 rings (SSSR count). The Morgan fingerprint density at radius 3 is 2.58 bits per heavy atom. The van der Waals surface area contributed by atoms with Crippen molar-refractivity contribution in [1.82, 2.24) is 0 Å². The normalized spacial score (nSPS) is 11.8. The van der Waals surface area contributed by atoms with E-state index >= 15 is 0 Å². The van der Waals surface area contributed by atoms with Gasteiger partial charge in [0.15, 0.2) is 0 Å². The molecule has 0 aliphatic rings. The summed E-state index contributed by atoms with van der Waals surface area (Å²) in [5.41, 5.74) is 8.91. The van der Waals surface area contributed by atoms with Crippen molar-refractivity contribution in [3.05, 3.63) is 29.3 Å². The van der Waals surface area contributed by atoms with Crippen molar-refractivity contribution >= 4 is 11.5 Å². The molecule has 0 saturated heterocycles. The fourth-order valence-corrected chi connectivity index (χ4v) is 1.05. The molecular formula is C10H14N2. The summed E-state index contributed by atoms with van der Waals surface area (Å²) in [5, 5.41) is 0. The van der Waals surface area contributed by atoms with Gasteiger partial charge in [0, 0.05) is 0 Å². The Hall–Kier alpha value is -1.31. The van der Waals surface area contributed by atoms with Crippen LogP contribution in [0.1, 0.15) is 18.1 Å². The maximum Gasteiger partial charge on any atom is 0.0965 e. The lowest BCUT2D eigenvalue weighted by Gasteiger charge is -2.03. The van der Waals surface area contributed by atoms with E-state index in [1.807, 2.05) is 12.1 Å². The summed E-state index contributed by atoms with van der Waals surface area (Å²) in [4.78, 5) is 4.21. The summed E-state index contributed by atoms with van der Waals surface area (Å²) < 4.78 is 0. The lowest BCUT2D eigenvalue weighted by Crippen LogP contribution is -2.04. The van der Waals surface area contributed by atoms with Gasteiger partial charge in [0.25, 0.3) is 0 Å². The number of nitrogens with two attached hydrogens (primary N) is 1. The Bertz CT molecular complexity index is 310. The van der Waals surface area contributed by atoms with Gasteiger partial charge in [0.2, 0.25) is 0 Å². The third-order valence-electron chi connectivity index (χ3n) is 1.87. The SMILES string of the molecule is C/C(N)=N/c1cccc(C)c1C. The smallest absolute Gasteiger partial charge is 0.0965 e. The van der Waals surface area contributed by atoms with Crippen molar-refractivity contribution in [3.63, 3.8) is 0 Å². The fraction of sp³-hybridized carbons (Fsp3) is 0.300. The number of hydrogen-bond donors (Lipinski definition) is 1. The summed E-state index contributed by atoms with van der Waals surface area (Å²) >= 11 is 0. The number of benzene rings is 1. The quantitative estimate of drug-likeness (QED) is 0.499. The second-order valence-corrected chi connectivity index (χ2v) is 2.97. The van der Waals surface area contributed by atoms with Gasteiger partial charge in [-0.25, -0.2) is 4.99 Å². The van der Waals surface area contributed by atoms with E-state index in [0.717, 1.165) is 5.69 Å². The highest BCUT2D eigenvalue weighted by Gasteiger charge is 1.97. The molecule has 2 nitrogen and oxygen atoms in total. The van der Waals surface area contributed by atoms with E-state index in [1.54, 1.807) is 6.92 Å². The third kappa shape index (κ3) is 1.84. The molecule has 2 N–H and O–H groups in total. The highest BCUT2D eigenvalue weighted by atomic mass is 14.8. The molecule has 0 heterocycles. The summed E-state index contributed by atoms with van der Waals surface area (Å²) in [6, 6.07) is 6.03. The number of rotatable bonds is 1. The zero-order valence-corrected chi connectivity index (χ0v) is 7.76. The Balaban J connectivity index is 3.17. The van der Waals surface area contributed by atoms with Gasteiger partial charge in [0.1, 0.15) is 0 Å². The van der Waals surface area contributed by atoms with Gasteiger partial charge in [-0.15, -0.1) is 0 Å². The largest absolute Gasteiger partial charge is 0.387 e. The highest BCUT2D eigenvalue weighted by Crippen LogP contribution is 2.20. The molecule has 1 aromatic rings. The minimum absolute atomic E-state index is 0.601. The van der Waals surface area contributed by atoms with Crippen LogP contribution in [0.3, 0.4) is 0 Å². The molecule has 0 spiro atoms. The molecule has 0 amide bonds. The monoisotopic (exact) mass is 162 g/mol. The van der Waals surface area contributed by atoms with Gasteiger partial charge in [-0.1, -0.05) is 12.1 Å². The van der Waals surface area contributed by atoms with Crippen LogP contribution in [0, 0.1) is 13.8 Å². The van der Waals surface area contributed by atoms with Crippen LogP contribution in [0.15, 0.2) is 23.2 Å². The van der Waals surface area contributed by atoms with Gasteiger partial charge in [-0.05, 0) is 38.0 Å². The predicted octanol–water partition coefficient (Wildman–Crippen LogP) is 2.31. The number of hydrogen-bond acceptors (Lipinski definition) is 1. The van der Waals surface area contributed by atoms with Crippen LogP contribution in [0.5, 0.6) is 0 Å². The van der Waals surface area contributed by atoms with Crippen LogP contribution < -0.4 is 5.73 Å². The second kappa shape index (κ2) is 3.39. The van der Waals surface area contributed by atoms with Crippen LogP contribution >= 0.6 is 0 Å². The molecule has 64 valence electrons. The summed E-state index contributed by atoms with van der Waals surface area (Å²) in [7, 11) is 0. The second-order valence-electron chi connectivity index (χ2n) is 2.97. The van der Waals surface area contributed by atoms with Crippen molar-refractivity contribution in [2.75, 3.05) is 0 Å². The van der Waals surface area contributed by atoms with E-state index in [0.29, 0.717) is 5.84 Å². The first-order valence-electron chi connectivity index (χ1n) is 3.98. The molecule has 0 aliphatic heterocycles. The van der Waals surface area contributed by atoms with Gasteiger partial charge >= 0.3 is 0 Å². The average molecular weight is 162 g/mol.